The Bertz CT molecular complexity index is 624. The van der Waals surface area contributed by atoms with E-state index in [-0.39, 0.29) is 46.3 Å². The van der Waals surface area contributed by atoms with Crippen LogP contribution in [0.5, 0.6) is 0 Å². The maximum absolute atomic E-state index is 13.6. The van der Waals surface area contributed by atoms with Crippen molar-refractivity contribution in [3.8, 4) is 0 Å². The van der Waals surface area contributed by atoms with Crippen LogP contribution in [0.15, 0.2) is 0 Å². The summed E-state index contributed by atoms with van der Waals surface area (Å²) >= 11 is 0. The molecule has 0 aromatic carbocycles. The maximum Gasteiger partial charge on any atom is 0.320 e. The van der Waals surface area contributed by atoms with E-state index >= 15 is 0 Å². The lowest BCUT2D eigenvalue weighted by molar-refractivity contribution is -0.251. The second-order valence-corrected chi connectivity index (χ2v) is 12.2. The molecule has 1 atom stereocenters. The summed E-state index contributed by atoms with van der Waals surface area (Å²) in [7, 11) is 0. The minimum absolute atomic E-state index is 0.106. The molecule has 3 rings (SSSR count). The van der Waals surface area contributed by atoms with Gasteiger partial charge in [-0.3, -0.25) is 0 Å². The molecule has 2 N–H and O–H groups in total. The van der Waals surface area contributed by atoms with Gasteiger partial charge in [0.1, 0.15) is 0 Å². The second-order valence-electron chi connectivity index (χ2n) is 12.2. The average molecular weight is 411 g/mol. The fourth-order valence-electron chi connectivity index (χ4n) is 6.46. The SMILES string of the molecule is CC1CN(C2CC(C)(C)N(O)C(C)(C)C2)C(=O)N1C1CC(C)(C)N(O)C(C)(C)C1. The smallest absolute Gasteiger partial charge is 0.319 e. The number of carbonyl (C=O) groups is 1. The maximum atomic E-state index is 13.6. The van der Waals surface area contributed by atoms with Gasteiger partial charge in [-0.05, 0) is 88.0 Å². The first-order chi connectivity index (χ1) is 13.0. The van der Waals surface area contributed by atoms with Crippen molar-refractivity contribution in [2.24, 2.45) is 0 Å². The van der Waals surface area contributed by atoms with Gasteiger partial charge in [0.15, 0.2) is 0 Å². The zero-order valence-corrected chi connectivity index (χ0v) is 19.9. The molecule has 7 heteroatoms. The molecule has 3 aliphatic heterocycles. The molecule has 0 aliphatic carbocycles. The number of carbonyl (C=O) groups excluding carboxylic acids is 1. The van der Waals surface area contributed by atoms with Crippen LogP contribution in [-0.2, 0) is 0 Å². The fraction of sp³-hybridized carbons (Fsp3) is 0.955. The molecule has 3 heterocycles. The Balaban J connectivity index is 1.83. The van der Waals surface area contributed by atoms with Gasteiger partial charge in [-0.25, -0.2) is 4.79 Å². The predicted molar refractivity (Wildman–Crippen MR) is 113 cm³/mol. The highest BCUT2D eigenvalue weighted by atomic mass is 16.5. The lowest BCUT2D eigenvalue weighted by atomic mass is 9.78. The van der Waals surface area contributed by atoms with E-state index in [0.29, 0.717) is 0 Å². The van der Waals surface area contributed by atoms with Gasteiger partial charge in [-0.2, -0.15) is 10.1 Å². The highest BCUT2D eigenvalue weighted by Crippen LogP contribution is 2.43. The quantitative estimate of drug-likeness (QED) is 0.722. The number of hydroxylamine groups is 4. The monoisotopic (exact) mass is 410 g/mol. The van der Waals surface area contributed by atoms with Crippen LogP contribution in [0, 0.1) is 0 Å². The van der Waals surface area contributed by atoms with E-state index < -0.39 is 0 Å². The zero-order valence-electron chi connectivity index (χ0n) is 19.9. The Morgan fingerprint density at radius 2 is 1.07 bits per heavy atom. The van der Waals surface area contributed by atoms with Crippen LogP contribution in [0.1, 0.15) is 88.0 Å². The first-order valence-corrected chi connectivity index (χ1v) is 11.1. The minimum Gasteiger partial charge on any atom is -0.319 e. The van der Waals surface area contributed by atoms with Crippen LogP contribution >= 0.6 is 0 Å². The first kappa shape index (κ1) is 22.8. The Kier molecular flexibility index (Phi) is 5.35. The van der Waals surface area contributed by atoms with Crippen LogP contribution in [-0.4, -0.2) is 83.2 Å². The molecule has 0 spiro atoms. The number of hydrogen-bond acceptors (Lipinski definition) is 5. The van der Waals surface area contributed by atoms with Crippen LogP contribution in [0.2, 0.25) is 0 Å². The lowest BCUT2D eigenvalue weighted by Crippen LogP contribution is -2.64. The van der Waals surface area contributed by atoms with E-state index in [9.17, 15) is 15.2 Å². The van der Waals surface area contributed by atoms with Crippen LogP contribution in [0.25, 0.3) is 0 Å². The number of urea groups is 1. The van der Waals surface area contributed by atoms with Gasteiger partial charge in [0, 0.05) is 46.8 Å². The number of rotatable bonds is 2. The summed E-state index contributed by atoms with van der Waals surface area (Å²) < 4.78 is 0. The third-order valence-corrected chi connectivity index (χ3v) is 7.47. The Morgan fingerprint density at radius 3 is 1.45 bits per heavy atom. The molecule has 0 radical (unpaired) electrons. The normalized spacial score (nSPS) is 33.5. The van der Waals surface area contributed by atoms with Crippen LogP contribution in [0.3, 0.4) is 0 Å². The van der Waals surface area contributed by atoms with Gasteiger partial charge in [0.25, 0.3) is 0 Å². The van der Waals surface area contributed by atoms with Crippen molar-refractivity contribution < 1.29 is 15.2 Å². The molecule has 7 nitrogen and oxygen atoms in total. The van der Waals surface area contributed by atoms with Crippen molar-refractivity contribution in [1.82, 2.24) is 19.9 Å². The molecule has 168 valence electrons. The fourth-order valence-corrected chi connectivity index (χ4v) is 6.46. The third kappa shape index (κ3) is 3.80. The molecule has 0 aromatic heterocycles. The summed E-state index contributed by atoms with van der Waals surface area (Å²) in [5.74, 6) is 0. The van der Waals surface area contributed by atoms with Gasteiger partial charge < -0.3 is 20.2 Å². The summed E-state index contributed by atoms with van der Waals surface area (Å²) in [4.78, 5) is 17.7. The summed E-state index contributed by atoms with van der Waals surface area (Å²) in [5.41, 5.74) is -1.52. The van der Waals surface area contributed by atoms with Gasteiger partial charge in [0.2, 0.25) is 0 Å². The van der Waals surface area contributed by atoms with Gasteiger partial charge in [0.05, 0.1) is 0 Å². The van der Waals surface area contributed by atoms with Crippen molar-refractivity contribution in [1.29, 1.82) is 0 Å². The Hall–Kier alpha value is -0.890. The number of hydrogen-bond donors (Lipinski definition) is 2. The minimum atomic E-state index is -0.383. The molecule has 0 bridgehead atoms. The molecule has 0 aromatic rings. The number of nitrogens with zero attached hydrogens (tertiary/aromatic N) is 4. The standard InChI is InChI=1S/C22H42N4O3/c1-15-14-23(16-10-19(2,3)25(28)20(4,5)11-16)18(27)24(15)17-12-21(6,7)26(29)22(8,9)13-17/h15-17,28-29H,10-14H2,1-9H3. The van der Waals surface area contributed by atoms with Crippen molar-refractivity contribution in [3.63, 3.8) is 0 Å². The zero-order chi connectivity index (χ0) is 22.2. The van der Waals surface area contributed by atoms with E-state index in [2.05, 4.69) is 11.8 Å². The summed E-state index contributed by atoms with van der Waals surface area (Å²) in [5, 5.41) is 24.2. The van der Waals surface area contributed by atoms with Gasteiger partial charge in [-0.1, -0.05) is 0 Å². The molecule has 3 saturated heterocycles. The van der Waals surface area contributed by atoms with E-state index in [1.807, 2.05) is 60.3 Å². The number of amides is 2. The molecular weight excluding hydrogens is 368 g/mol. The van der Waals surface area contributed by atoms with Crippen molar-refractivity contribution in [2.45, 2.75) is 128 Å². The summed E-state index contributed by atoms with van der Waals surface area (Å²) in [6, 6.07) is 0.475. The molecular formula is C22H42N4O3. The van der Waals surface area contributed by atoms with Crippen molar-refractivity contribution in [3.05, 3.63) is 0 Å². The van der Waals surface area contributed by atoms with E-state index in [0.717, 1.165) is 32.2 Å². The topological polar surface area (TPSA) is 70.5 Å². The van der Waals surface area contributed by atoms with E-state index in [1.165, 1.54) is 10.1 Å². The Morgan fingerprint density at radius 1 is 0.724 bits per heavy atom. The Labute approximate surface area is 176 Å². The second kappa shape index (κ2) is 6.81. The summed E-state index contributed by atoms with van der Waals surface area (Å²) in [6.45, 7) is 19.2. The molecule has 0 saturated carbocycles. The van der Waals surface area contributed by atoms with E-state index in [1.54, 1.807) is 0 Å². The predicted octanol–water partition coefficient (Wildman–Crippen LogP) is 3.93. The van der Waals surface area contributed by atoms with Crippen molar-refractivity contribution in [2.75, 3.05) is 6.54 Å². The van der Waals surface area contributed by atoms with Crippen LogP contribution < -0.4 is 0 Å². The molecule has 29 heavy (non-hydrogen) atoms. The molecule has 2 amide bonds. The lowest BCUT2D eigenvalue weighted by Gasteiger charge is -2.54. The summed E-state index contributed by atoms with van der Waals surface area (Å²) in [6.07, 6.45) is 3.02. The molecule has 1 unspecified atom stereocenters. The van der Waals surface area contributed by atoms with Crippen molar-refractivity contribution >= 4 is 6.03 Å². The first-order valence-electron chi connectivity index (χ1n) is 11.1. The van der Waals surface area contributed by atoms with Gasteiger partial charge in [-0.15, -0.1) is 0 Å². The van der Waals surface area contributed by atoms with Gasteiger partial charge >= 0.3 is 6.03 Å². The highest BCUT2D eigenvalue weighted by molar-refractivity contribution is 5.78. The molecule has 3 aliphatic rings. The van der Waals surface area contributed by atoms with Crippen LogP contribution in [0.4, 0.5) is 4.79 Å². The highest BCUT2D eigenvalue weighted by Gasteiger charge is 2.53. The average Bonchev–Trinajstić information content (AvgIpc) is 2.84. The van der Waals surface area contributed by atoms with E-state index in [4.69, 9.17) is 0 Å². The third-order valence-electron chi connectivity index (χ3n) is 7.47. The number of piperidine rings is 2. The largest absolute Gasteiger partial charge is 0.320 e. The molecule has 3 fully saturated rings.